The lowest BCUT2D eigenvalue weighted by Crippen LogP contribution is -1.96. The highest BCUT2D eigenvalue weighted by molar-refractivity contribution is 5.76. The molecule has 2 aromatic rings. The van der Waals surface area contributed by atoms with Crippen molar-refractivity contribution in [1.82, 2.24) is 0 Å². The van der Waals surface area contributed by atoms with Crippen molar-refractivity contribution in [3.63, 3.8) is 0 Å². The molecule has 0 heterocycles. The second kappa shape index (κ2) is 8.69. The summed E-state index contributed by atoms with van der Waals surface area (Å²) in [5, 5.41) is 0. The molecule has 2 rings (SSSR count). The molecule has 0 spiro atoms. The number of halogens is 2. The molecular formula is C20H21F2N. The summed E-state index contributed by atoms with van der Waals surface area (Å²) < 4.78 is 28.4. The van der Waals surface area contributed by atoms with Crippen LogP contribution in [0.2, 0.25) is 0 Å². The van der Waals surface area contributed by atoms with Gasteiger partial charge in [-0.2, -0.15) is 0 Å². The highest BCUT2D eigenvalue weighted by Gasteiger charge is 2.15. The SMILES string of the molecule is C=C/C=C\C(=C)c1ccc(-c2ccc(N)cc2)c(F)c1F.CC. The van der Waals surface area contributed by atoms with E-state index in [1.165, 1.54) is 12.1 Å². The third-order valence-electron chi connectivity index (χ3n) is 3.08. The van der Waals surface area contributed by atoms with Crippen molar-refractivity contribution in [2.75, 3.05) is 5.73 Å². The van der Waals surface area contributed by atoms with Gasteiger partial charge in [0, 0.05) is 16.8 Å². The van der Waals surface area contributed by atoms with Crippen molar-refractivity contribution in [2.45, 2.75) is 13.8 Å². The Morgan fingerprint density at radius 2 is 1.61 bits per heavy atom. The fourth-order valence-corrected chi connectivity index (χ4v) is 1.96. The van der Waals surface area contributed by atoms with E-state index in [9.17, 15) is 8.78 Å². The van der Waals surface area contributed by atoms with Crippen LogP contribution in [0.15, 0.2) is 67.8 Å². The first-order valence-corrected chi connectivity index (χ1v) is 7.37. The number of nitrogen functional groups attached to an aromatic ring is 1. The Morgan fingerprint density at radius 1 is 1.00 bits per heavy atom. The summed E-state index contributed by atoms with van der Waals surface area (Å²) in [6, 6.07) is 9.64. The van der Waals surface area contributed by atoms with Crippen molar-refractivity contribution in [2.24, 2.45) is 0 Å². The molecule has 0 atom stereocenters. The van der Waals surface area contributed by atoms with Crippen LogP contribution >= 0.6 is 0 Å². The Labute approximate surface area is 136 Å². The molecule has 0 aliphatic heterocycles. The molecule has 3 heteroatoms. The molecule has 0 aromatic heterocycles. The monoisotopic (exact) mass is 313 g/mol. The summed E-state index contributed by atoms with van der Waals surface area (Å²) in [6.45, 7) is 11.2. The summed E-state index contributed by atoms with van der Waals surface area (Å²) in [6.07, 6.45) is 4.74. The van der Waals surface area contributed by atoms with Gasteiger partial charge in [-0.3, -0.25) is 0 Å². The summed E-state index contributed by atoms with van der Waals surface area (Å²) >= 11 is 0. The lowest BCUT2D eigenvalue weighted by molar-refractivity contribution is 0.509. The zero-order chi connectivity index (χ0) is 17.4. The largest absolute Gasteiger partial charge is 0.399 e. The molecule has 120 valence electrons. The summed E-state index contributed by atoms with van der Waals surface area (Å²) in [5.41, 5.74) is 7.43. The molecule has 0 bridgehead atoms. The first-order valence-electron chi connectivity index (χ1n) is 7.37. The summed E-state index contributed by atoms with van der Waals surface area (Å²) in [7, 11) is 0. The minimum absolute atomic E-state index is 0.129. The van der Waals surface area contributed by atoms with Gasteiger partial charge in [0.05, 0.1) is 0 Å². The van der Waals surface area contributed by atoms with E-state index in [0.717, 1.165) is 0 Å². The van der Waals surface area contributed by atoms with Crippen molar-refractivity contribution in [1.29, 1.82) is 0 Å². The number of nitrogens with two attached hydrogens (primary N) is 1. The van der Waals surface area contributed by atoms with Gasteiger partial charge in [-0.05, 0) is 23.3 Å². The average molecular weight is 313 g/mol. The second-order valence-electron chi connectivity index (χ2n) is 4.53. The van der Waals surface area contributed by atoms with Crippen LogP contribution in [0.5, 0.6) is 0 Å². The number of allylic oxidation sites excluding steroid dienone is 4. The van der Waals surface area contributed by atoms with Crippen LogP contribution in [0, 0.1) is 11.6 Å². The van der Waals surface area contributed by atoms with Gasteiger partial charge >= 0.3 is 0 Å². The zero-order valence-electron chi connectivity index (χ0n) is 13.4. The molecule has 2 N–H and O–H groups in total. The number of hydrogen-bond acceptors (Lipinski definition) is 1. The maximum absolute atomic E-state index is 14.2. The van der Waals surface area contributed by atoms with E-state index in [0.29, 0.717) is 16.8 Å². The third-order valence-corrected chi connectivity index (χ3v) is 3.08. The molecule has 0 amide bonds. The fourth-order valence-electron chi connectivity index (χ4n) is 1.96. The van der Waals surface area contributed by atoms with Crippen LogP contribution in [0.1, 0.15) is 19.4 Å². The van der Waals surface area contributed by atoms with Gasteiger partial charge < -0.3 is 5.73 Å². The smallest absolute Gasteiger partial charge is 0.167 e. The maximum Gasteiger partial charge on any atom is 0.167 e. The molecule has 0 fully saturated rings. The van der Waals surface area contributed by atoms with Gasteiger partial charge in [0.25, 0.3) is 0 Å². The molecule has 0 aliphatic carbocycles. The Bertz CT molecular complexity index is 713. The van der Waals surface area contributed by atoms with Gasteiger partial charge in [0.2, 0.25) is 0 Å². The first kappa shape index (κ1) is 18.4. The Kier molecular flexibility index (Phi) is 6.94. The van der Waals surface area contributed by atoms with Gasteiger partial charge in [0.1, 0.15) is 0 Å². The van der Waals surface area contributed by atoms with E-state index >= 15 is 0 Å². The van der Waals surface area contributed by atoms with Gasteiger partial charge in [0.15, 0.2) is 11.6 Å². The van der Waals surface area contributed by atoms with E-state index in [1.807, 2.05) is 13.8 Å². The molecule has 0 saturated carbocycles. The third kappa shape index (κ3) is 4.39. The second-order valence-corrected chi connectivity index (χ2v) is 4.53. The van der Waals surface area contributed by atoms with Crippen LogP contribution in [-0.4, -0.2) is 0 Å². The quantitative estimate of drug-likeness (QED) is 0.544. The Balaban J connectivity index is 0.00000127. The van der Waals surface area contributed by atoms with Gasteiger partial charge in [-0.15, -0.1) is 0 Å². The summed E-state index contributed by atoms with van der Waals surface area (Å²) in [5.74, 6) is -1.81. The molecule has 0 unspecified atom stereocenters. The van der Waals surface area contributed by atoms with Crippen LogP contribution < -0.4 is 5.73 Å². The Morgan fingerprint density at radius 3 is 2.17 bits per heavy atom. The molecule has 2 aromatic carbocycles. The Hall–Kier alpha value is -2.68. The minimum atomic E-state index is -0.914. The molecule has 1 nitrogen and oxygen atoms in total. The molecule has 0 saturated heterocycles. The number of anilines is 1. The number of rotatable bonds is 4. The van der Waals surface area contributed by atoms with Crippen molar-refractivity contribution < 1.29 is 8.78 Å². The van der Waals surface area contributed by atoms with E-state index in [2.05, 4.69) is 13.2 Å². The van der Waals surface area contributed by atoms with Crippen LogP contribution in [0.3, 0.4) is 0 Å². The lowest BCUT2D eigenvalue weighted by atomic mass is 9.99. The first-order chi connectivity index (χ1) is 11.0. The van der Waals surface area contributed by atoms with E-state index < -0.39 is 11.6 Å². The van der Waals surface area contributed by atoms with E-state index in [4.69, 9.17) is 5.73 Å². The molecule has 0 radical (unpaired) electrons. The van der Waals surface area contributed by atoms with E-state index in [-0.39, 0.29) is 11.1 Å². The average Bonchev–Trinajstić information content (AvgIpc) is 2.58. The predicted octanol–water partition coefficient (Wildman–Crippen LogP) is 6.00. The fraction of sp³-hybridized carbons (Fsp3) is 0.100. The molecular weight excluding hydrogens is 292 g/mol. The van der Waals surface area contributed by atoms with Gasteiger partial charge in [-0.1, -0.05) is 69.5 Å². The van der Waals surface area contributed by atoms with E-state index in [1.54, 1.807) is 42.5 Å². The van der Waals surface area contributed by atoms with Crippen molar-refractivity contribution in [3.8, 4) is 11.1 Å². The maximum atomic E-state index is 14.2. The normalized spacial score (nSPS) is 10.1. The highest BCUT2D eigenvalue weighted by Crippen LogP contribution is 2.29. The summed E-state index contributed by atoms with van der Waals surface area (Å²) in [4.78, 5) is 0. The predicted molar refractivity (Wildman–Crippen MR) is 95.9 cm³/mol. The van der Waals surface area contributed by atoms with Crippen molar-refractivity contribution >= 4 is 11.3 Å². The topological polar surface area (TPSA) is 26.0 Å². The molecule has 0 aliphatic rings. The van der Waals surface area contributed by atoms with Gasteiger partial charge in [-0.25, -0.2) is 8.78 Å². The van der Waals surface area contributed by atoms with Crippen LogP contribution in [0.4, 0.5) is 14.5 Å². The highest BCUT2D eigenvalue weighted by atomic mass is 19.2. The number of benzene rings is 2. The number of hydrogen-bond donors (Lipinski definition) is 1. The standard InChI is InChI=1S/C18H15F2N.C2H6/c1-3-4-5-12(2)15-10-11-16(18(20)17(15)19)13-6-8-14(21)9-7-13;1-2/h3-11H,1-2,21H2;1-2H3/b5-4-;. The van der Waals surface area contributed by atoms with Crippen LogP contribution in [0.25, 0.3) is 16.7 Å². The van der Waals surface area contributed by atoms with Crippen LogP contribution in [-0.2, 0) is 0 Å². The minimum Gasteiger partial charge on any atom is -0.399 e. The zero-order valence-corrected chi connectivity index (χ0v) is 13.4. The van der Waals surface area contributed by atoms with Crippen molar-refractivity contribution in [3.05, 3.63) is 85.0 Å². The molecule has 23 heavy (non-hydrogen) atoms. The lowest BCUT2D eigenvalue weighted by Gasteiger charge is -2.09.